The molecule has 1 aromatic carbocycles. The third-order valence-corrected chi connectivity index (χ3v) is 2.91. The Labute approximate surface area is 104 Å². The van der Waals surface area contributed by atoms with Gasteiger partial charge in [-0.3, -0.25) is 9.69 Å². The molecule has 0 fully saturated rings. The fraction of sp³-hybridized carbons (Fsp3) is 0.500. The van der Waals surface area contributed by atoms with Crippen LogP contribution >= 0.6 is 0 Å². The van der Waals surface area contributed by atoms with Crippen LogP contribution in [0.5, 0.6) is 0 Å². The van der Waals surface area contributed by atoms with Crippen LogP contribution in [-0.4, -0.2) is 24.4 Å². The molecule has 17 heavy (non-hydrogen) atoms. The van der Waals surface area contributed by atoms with Gasteiger partial charge in [-0.1, -0.05) is 32.0 Å². The average Bonchev–Trinajstić information content (AvgIpc) is 2.19. The Morgan fingerprint density at radius 3 is 2.59 bits per heavy atom. The number of nitrogens with two attached hydrogens (primary N) is 1. The summed E-state index contributed by atoms with van der Waals surface area (Å²) < 4.78 is 0. The number of hydrogen-bond donors (Lipinski definition) is 1. The van der Waals surface area contributed by atoms with Gasteiger partial charge >= 0.3 is 0 Å². The largest absolute Gasteiger partial charge is 0.369 e. The lowest BCUT2D eigenvalue weighted by molar-refractivity contribution is -0.118. The van der Waals surface area contributed by atoms with Crippen molar-refractivity contribution >= 4 is 5.91 Å². The van der Waals surface area contributed by atoms with E-state index >= 15 is 0 Å². The minimum Gasteiger partial charge on any atom is -0.369 e. The minimum atomic E-state index is -0.287. The fourth-order valence-corrected chi connectivity index (χ4v) is 1.83. The zero-order valence-electron chi connectivity index (χ0n) is 11.2. The molecular formula is C14H22N2O. The van der Waals surface area contributed by atoms with Crippen molar-refractivity contribution in [2.24, 2.45) is 5.73 Å². The van der Waals surface area contributed by atoms with Crippen LogP contribution < -0.4 is 5.73 Å². The van der Waals surface area contributed by atoms with E-state index in [4.69, 9.17) is 5.73 Å². The second-order valence-corrected chi connectivity index (χ2v) is 4.98. The fourth-order valence-electron chi connectivity index (χ4n) is 1.83. The first-order valence-corrected chi connectivity index (χ1v) is 5.96. The number of aryl methyl sites for hydroxylation is 1. The molecule has 0 heterocycles. The van der Waals surface area contributed by atoms with Crippen molar-refractivity contribution in [2.45, 2.75) is 33.2 Å². The summed E-state index contributed by atoms with van der Waals surface area (Å²) in [6.07, 6.45) is 0. The maximum absolute atomic E-state index is 10.8. The van der Waals surface area contributed by atoms with E-state index in [9.17, 15) is 4.79 Å². The zero-order chi connectivity index (χ0) is 13.0. The first-order chi connectivity index (χ1) is 7.90. The molecule has 0 atom stereocenters. The summed E-state index contributed by atoms with van der Waals surface area (Å²) in [5.74, 6) is 0.237. The molecule has 0 aliphatic rings. The van der Waals surface area contributed by atoms with Crippen molar-refractivity contribution in [2.75, 3.05) is 13.6 Å². The lowest BCUT2D eigenvalue weighted by Crippen LogP contribution is -2.30. The molecule has 0 saturated carbocycles. The van der Waals surface area contributed by atoms with Crippen LogP contribution in [0.15, 0.2) is 18.2 Å². The van der Waals surface area contributed by atoms with Crippen LogP contribution in [-0.2, 0) is 11.3 Å². The normalized spacial score (nSPS) is 11.2. The van der Waals surface area contributed by atoms with Crippen molar-refractivity contribution in [1.29, 1.82) is 0 Å². The number of benzene rings is 1. The van der Waals surface area contributed by atoms with Crippen molar-refractivity contribution in [3.05, 3.63) is 34.9 Å². The second kappa shape index (κ2) is 5.82. The number of carbonyl (C=O) groups is 1. The van der Waals surface area contributed by atoms with Crippen molar-refractivity contribution in [3.63, 3.8) is 0 Å². The summed E-state index contributed by atoms with van der Waals surface area (Å²) in [5, 5.41) is 0. The van der Waals surface area contributed by atoms with Gasteiger partial charge in [0.15, 0.2) is 0 Å². The Morgan fingerprint density at radius 1 is 1.41 bits per heavy atom. The Kier molecular flexibility index (Phi) is 4.70. The van der Waals surface area contributed by atoms with Crippen molar-refractivity contribution < 1.29 is 4.79 Å². The van der Waals surface area contributed by atoms with Crippen molar-refractivity contribution in [3.8, 4) is 0 Å². The first kappa shape index (κ1) is 13.7. The quantitative estimate of drug-likeness (QED) is 0.847. The van der Waals surface area contributed by atoms with Crippen molar-refractivity contribution in [1.82, 2.24) is 4.90 Å². The van der Waals surface area contributed by atoms with Crippen LogP contribution in [0, 0.1) is 6.92 Å². The van der Waals surface area contributed by atoms with Gasteiger partial charge in [0, 0.05) is 6.54 Å². The third kappa shape index (κ3) is 4.19. The highest BCUT2D eigenvalue weighted by Gasteiger charge is 2.08. The Morgan fingerprint density at radius 2 is 2.06 bits per heavy atom. The second-order valence-electron chi connectivity index (χ2n) is 4.98. The summed E-state index contributed by atoms with van der Waals surface area (Å²) in [6.45, 7) is 7.52. The van der Waals surface area contributed by atoms with E-state index in [1.54, 1.807) is 0 Å². The number of hydrogen-bond acceptors (Lipinski definition) is 2. The van der Waals surface area contributed by atoms with Gasteiger partial charge in [0.1, 0.15) is 0 Å². The molecule has 0 bridgehead atoms. The summed E-state index contributed by atoms with van der Waals surface area (Å²) in [4.78, 5) is 12.8. The molecule has 2 N–H and O–H groups in total. The highest BCUT2D eigenvalue weighted by molar-refractivity contribution is 5.75. The first-order valence-electron chi connectivity index (χ1n) is 5.96. The van der Waals surface area contributed by atoms with E-state index in [1.165, 1.54) is 16.7 Å². The number of carbonyl (C=O) groups excluding carboxylic acids is 1. The molecule has 0 spiro atoms. The standard InChI is InChI=1S/C14H22N2O/c1-10(2)12-6-5-11(3)13(7-12)8-16(4)9-14(15)17/h5-7,10H,8-9H2,1-4H3,(H2,15,17). The van der Waals surface area contributed by atoms with Crippen LogP contribution in [0.2, 0.25) is 0 Å². The number of likely N-dealkylation sites (N-methyl/N-ethyl adjacent to an activating group) is 1. The van der Waals surface area contributed by atoms with Gasteiger partial charge in [0.2, 0.25) is 5.91 Å². The molecular weight excluding hydrogens is 212 g/mol. The number of primary amides is 1. The Balaban J connectivity index is 2.82. The zero-order valence-corrected chi connectivity index (χ0v) is 11.2. The highest BCUT2D eigenvalue weighted by Crippen LogP contribution is 2.19. The lowest BCUT2D eigenvalue weighted by Gasteiger charge is -2.17. The van der Waals surface area contributed by atoms with Crippen LogP contribution in [0.4, 0.5) is 0 Å². The Bertz CT molecular complexity index is 399. The molecule has 94 valence electrons. The van der Waals surface area contributed by atoms with E-state index in [1.807, 2.05) is 11.9 Å². The maximum atomic E-state index is 10.8. The van der Waals surface area contributed by atoms with Gasteiger partial charge in [-0.05, 0) is 36.6 Å². The molecule has 0 radical (unpaired) electrons. The number of rotatable bonds is 5. The Hall–Kier alpha value is -1.35. The van der Waals surface area contributed by atoms with Crippen LogP contribution in [0.1, 0.15) is 36.5 Å². The average molecular weight is 234 g/mol. The van der Waals surface area contributed by atoms with E-state index < -0.39 is 0 Å². The van der Waals surface area contributed by atoms with Gasteiger partial charge < -0.3 is 5.73 Å². The summed E-state index contributed by atoms with van der Waals surface area (Å²) >= 11 is 0. The molecule has 0 aliphatic carbocycles. The maximum Gasteiger partial charge on any atom is 0.231 e. The van der Waals surface area contributed by atoms with E-state index in [-0.39, 0.29) is 5.91 Å². The molecule has 1 rings (SSSR count). The predicted octanol–water partition coefficient (Wildman–Crippen LogP) is 2.04. The van der Waals surface area contributed by atoms with Gasteiger partial charge in [0.25, 0.3) is 0 Å². The summed E-state index contributed by atoms with van der Waals surface area (Å²) in [6, 6.07) is 6.53. The van der Waals surface area contributed by atoms with E-state index in [2.05, 4.69) is 39.0 Å². The number of nitrogens with zero attached hydrogens (tertiary/aromatic N) is 1. The number of amides is 1. The molecule has 0 saturated heterocycles. The molecule has 1 amide bonds. The molecule has 0 unspecified atom stereocenters. The topological polar surface area (TPSA) is 46.3 Å². The van der Waals surface area contributed by atoms with Gasteiger partial charge in [-0.25, -0.2) is 0 Å². The highest BCUT2D eigenvalue weighted by atomic mass is 16.1. The summed E-state index contributed by atoms with van der Waals surface area (Å²) in [7, 11) is 1.91. The third-order valence-electron chi connectivity index (χ3n) is 2.91. The predicted molar refractivity (Wildman–Crippen MR) is 70.8 cm³/mol. The summed E-state index contributed by atoms with van der Waals surface area (Å²) in [5.41, 5.74) is 9.03. The smallest absolute Gasteiger partial charge is 0.231 e. The molecule has 0 aliphatic heterocycles. The van der Waals surface area contributed by atoms with Crippen LogP contribution in [0.3, 0.4) is 0 Å². The van der Waals surface area contributed by atoms with Crippen LogP contribution in [0.25, 0.3) is 0 Å². The van der Waals surface area contributed by atoms with E-state index in [0.717, 1.165) is 6.54 Å². The molecule has 3 heteroatoms. The lowest BCUT2D eigenvalue weighted by atomic mass is 9.97. The minimum absolute atomic E-state index is 0.287. The molecule has 3 nitrogen and oxygen atoms in total. The monoisotopic (exact) mass is 234 g/mol. The molecule has 1 aromatic rings. The SMILES string of the molecule is Cc1ccc(C(C)C)cc1CN(C)CC(N)=O. The van der Waals surface area contributed by atoms with Gasteiger partial charge in [0.05, 0.1) is 6.54 Å². The molecule has 0 aromatic heterocycles. The van der Waals surface area contributed by atoms with Gasteiger partial charge in [-0.2, -0.15) is 0 Å². The van der Waals surface area contributed by atoms with Gasteiger partial charge in [-0.15, -0.1) is 0 Å². The van der Waals surface area contributed by atoms with E-state index in [0.29, 0.717) is 12.5 Å².